The van der Waals surface area contributed by atoms with Gasteiger partial charge < -0.3 is 20.1 Å². The lowest BCUT2D eigenvalue weighted by molar-refractivity contribution is -0.141. The largest absolute Gasteiger partial charge is 0.481 e. The molecule has 0 aromatic heterocycles. The van der Waals surface area contributed by atoms with Crippen LogP contribution in [0.2, 0.25) is 0 Å². The average Bonchev–Trinajstić information content (AvgIpc) is 2.39. The summed E-state index contributed by atoms with van der Waals surface area (Å²) in [7, 11) is 0. The maximum absolute atomic E-state index is 12.0. The summed E-state index contributed by atoms with van der Waals surface area (Å²) >= 11 is 0. The fourth-order valence-corrected chi connectivity index (χ4v) is 1.95. The number of carboxylic acid groups (broad SMARTS) is 1. The zero-order valence-corrected chi connectivity index (χ0v) is 10.4. The van der Waals surface area contributed by atoms with Crippen LogP contribution in [-0.4, -0.2) is 47.8 Å². The number of carbonyl (C=O) groups is 2. The molecular weight excluding hydrogens is 248 g/mol. The molecule has 19 heavy (non-hydrogen) atoms. The molecule has 1 unspecified atom stereocenters. The van der Waals surface area contributed by atoms with E-state index in [0.717, 1.165) is 0 Å². The van der Waals surface area contributed by atoms with Crippen LogP contribution in [0.5, 0.6) is 0 Å². The highest BCUT2D eigenvalue weighted by Gasteiger charge is 2.25. The molecule has 1 heterocycles. The predicted molar refractivity (Wildman–Crippen MR) is 69.0 cm³/mol. The molecule has 0 radical (unpaired) electrons. The molecule has 0 aliphatic carbocycles. The molecule has 1 aromatic carbocycles. The van der Waals surface area contributed by atoms with Crippen molar-refractivity contribution in [1.29, 1.82) is 0 Å². The second kappa shape index (κ2) is 6.19. The summed E-state index contributed by atoms with van der Waals surface area (Å²) in [6.07, 6.45) is -0.525. The van der Waals surface area contributed by atoms with Crippen molar-refractivity contribution in [3.63, 3.8) is 0 Å². The van der Waals surface area contributed by atoms with Gasteiger partial charge in [0.15, 0.2) is 0 Å². The number of rotatable bonds is 3. The van der Waals surface area contributed by atoms with E-state index < -0.39 is 12.1 Å². The number of nitrogens with one attached hydrogen (secondary N) is 1. The maximum atomic E-state index is 12.0. The summed E-state index contributed by atoms with van der Waals surface area (Å²) in [6.45, 7) is 1.12. The van der Waals surface area contributed by atoms with E-state index >= 15 is 0 Å². The molecule has 1 fully saturated rings. The zero-order valence-electron chi connectivity index (χ0n) is 10.4. The second-order valence-electron chi connectivity index (χ2n) is 4.33. The number of ether oxygens (including phenoxy) is 1. The fraction of sp³-hybridized carbons (Fsp3) is 0.385. The van der Waals surface area contributed by atoms with Crippen LogP contribution in [-0.2, 0) is 9.53 Å². The summed E-state index contributed by atoms with van der Waals surface area (Å²) in [4.78, 5) is 24.2. The Morgan fingerprint density at radius 3 is 2.79 bits per heavy atom. The van der Waals surface area contributed by atoms with E-state index in [9.17, 15) is 9.59 Å². The lowest BCUT2D eigenvalue weighted by Gasteiger charge is -2.32. The Morgan fingerprint density at radius 1 is 1.37 bits per heavy atom. The van der Waals surface area contributed by atoms with E-state index in [-0.39, 0.29) is 12.5 Å². The van der Waals surface area contributed by atoms with Crippen LogP contribution in [0.15, 0.2) is 30.3 Å². The van der Waals surface area contributed by atoms with Crippen molar-refractivity contribution in [1.82, 2.24) is 4.90 Å². The van der Waals surface area contributed by atoms with Crippen molar-refractivity contribution in [2.24, 2.45) is 0 Å². The Morgan fingerprint density at radius 2 is 2.11 bits per heavy atom. The number of carboxylic acids is 1. The van der Waals surface area contributed by atoms with Crippen LogP contribution < -0.4 is 5.32 Å². The van der Waals surface area contributed by atoms with Gasteiger partial charge in [0.05, 0.1) is 19.1 Å². The smallest absolute Gasteiger partial charge is 0.322 e. The van der Waals surface area contributed by atoms with Crippen LogP contribution in [0.1, 0.15) is 6.42 Å². The molecule has 0 bridgehead atoms. The SMILES string of the molecule is O=C(O)CC1CN(C(=O)Nc2ccccc2)CCO1. The summed E-state index contributed by atoms with van der Waals surface area (Å²) in [6, 6.07) is 8.91. The molecule has 2 rings (SSSR count). The third kappa shape index (κ3) is 3.96. The third-order valence-corrected chi connectivity index (χ3v) is 2.85. The highest BCUT2D eigenvalue weighted by Crippen LogP contribution is 2.12. The van der Waals surface area contributed by atoms with Gasteiger partial charge in [0.25, 0.3) is 0 Å². The molecule has 1 aliphatic rings. The van der Waals surface area contributed by atoms with Gasteiger partial charge in [-0.05, 0) is 12.1 Å². The Balaban J connectivity index is 1.90. The van der Waals surface area contributed by atoms with Crippen LogP contribution in [0.3, 0.4) is 0 Å². The van der Waals surface area contributed by atoms with E-state index in [2.05, 4.69) is 5.32 Å². The summed E-state index contributed by atoms with van der Waals surface area (Å²) in [5.41, 5.74) is 0.716. The Kier molecular flexibility index (Phi) is 4.35. The normalized spacial score (nSPS) is 18.9. The number of amides is 2. The number of anilines is 1. The first-order valence-corrected chi connectivity index (χ1v) is 6.09. The quantitative estimate of drug-likeness (QED) is 0.864. The molecule has 1 atom stereocenters. The minimum Gasteiger partial charge on any atom is -0.481 e. The lowest BCUT2D eigenvalue weighted by Crippen LogP contribution is -2.47. The van der Waals surface area contributed by atoms with E-state index in [1.165, 1.54) is 0 Å². The average molecular weight is 264 g/mol. The first-order valence-electron chi connectivity index (χ1n) is 6.09. The van der Waals surface area contributed by atoms with Crippen LogP contribution in [0.25, 0.3) is 0 Å². The maximum Gasteiger partial charge on any atom is 0.322 e. The number of carbonyl (C=O) groups excluding carboxylic acids is 1. The highest BCUT2D eigenvalue weighted by atomic mass is 16.5. The summed E-state index contributed by atoms with van der Waals surface area (Å²) in [5, 5.41) is 11.5. The van der Waals surface area contributed by atoms with Crippen molar-refractivity contribution >= 4 is 17.7 Å². The van der Waals surface area contributed by atoms with Crippen LogP contribution in [0, 0.1) is 0 Å². The highest BCUT2D eigenvalue weighted by molar-refractivity contribution is 5.89. The molecule has 1 aliphatic heterocycles. The molecule has 6 heteroatoms. The molecule has 0 spiro atoms. The number of para-hydroxylation sites is 1. The van der Waals surface area contributed by atoms with E-state index in [1.54, 1.807) is 17.0 Å². The number of hydrogen-bond acceptors (Lipinski definition) is 3. The van der Waals surface area contributed by atoms with Crippen molar-refractivity contribution in [2.75, 3.05) is 25.0 Å². The zero-order chi connectivity index (χ0) is 13.7. The van der Waals surface area contributed by atoms with Crippen molar-refractivity contribution in [3.05, 3.63) is 30.3 Å². The topological polar surface area (TPSA) is 78.9 Å². The van der Waals surface area contributed by atoms with Crippen molar-refractivity contribution < 1.29 is 19.4 Å². The lowest BCUT2D eigenvalue weighted by atomic mass is 10.2. The number of nitrogens with zero attached hydrogens (tertiary/aromatic N) is 1. The molecule has 0 saturated carbocycles. The number of urea groups is 1. The Labute approximate surface area is 111 Å². The molecule has 2 N–H and O–H groups in total. The first-order chi connectivity index (χ1) is 9.15. The molecule has 1 saturated heterocycles. The van der Waals surface area contributed by atoms with E-state index in [1.807, 2.05) is 18.2 Å². The minimum atomic E-state index is -0.921. The molecule has 102 valence electrons. The Bertz CT molecular complexity index is 449. The molecular formula is C13H16N2O4. The molecule has 2 amide bonds. The third-order valence-electron chi connectivity index (χ3n) is 2.85. The molecule has 6 nitrogen and oxygen atoms in total. The minimum absolute atomic E-state index is 0.0882. The van der Waals surface area contributed by atoms with Gasteiger partial charge in [0, 0.05) is 18.8 Å². The summed E-state index contributed by atoms with van der Waals surface area (Å²) in [5.74, 6) is -0.921. The molecule has 1 aromatic rings. The Hall–Kier alpha value is -2.08. The summed E-state index contributed by atoms with van der Waals surface area (Å²) < 4.78 is 5.32. The monoisotopic (exact) mass is 264 g/mol. The van der Waals surface area contributed by atoms with Crippen molar-refractivity contribution in [3.8, 4) is 0 Å². The van der Waals surface area contributed by atoms with Gasteiger partial charge in [-0.25, -0.2) is 4.79 Å². The second-order valence-corrected chi connectivity index (χ2v) is 4.33. The van der Waals surface area contributed by atoms with Gasteiger partial charge >= 0.3 is 12.0 Å². The van der Waals surface area contributed by atoms with Crippen LogP contribution in [0.4, 0.5) is 10.5 Å². The fourth-order valence-electron chi connectivity index (χ4n) is 1.95. The number of benzene rings is 1. The van der Waals surface area contributed by atoms with E-state index in [0.29, 0.717) is 25.4 Å². The standard InChI is InChI=1S/C13H16N2O4/c16-12(17)8-11-9-15(6-7-19-11)13(18)14-10-4-2-1-3-5-10/h1-5,11H,6-9H2,(H,14,18)(H,16,17). The number of aliphatic carboxylic acids is 1. The predicted octanol–water partition coefficient (Wildman–Crippen LogP) is 1.39. The van der Waals surface area contributed by atoms with Gasteiger partial charge in [0.2, 0.25) is 0 Å². The van der Waals surface area contributed by atoms with Crippen LogP contribution >= 0.6 is 0 Å². The van der Waals surface area contributed by atoms with E-state index in [4.69, 9.17) is 9.84 Å². The van der Waals surface area contributed by atoms with Crippen molar-refractivity contribution in [2.45, 2.75) is 12.5 Å². The number of hydrogen-bond donors (Lipinski definition) is 2. The number of morpholine rings is 1. The van der Waals surface area contributed by atoms with Gasteiger partial charge in [0.1, 0.15) is 0 Å². The van der Waals surface area contributed by atoms with Gasteiger partial charge in [-0.1, -0.05) is 18.2 Å². The van der Waals surface area contributed by atoms with Gasteiger partial charge in [-0.2, -0.15) is 0 Å². The van der Waals surface area contributed by atoms with Gasteiger partial charge in [-0.15, -0.1) is 0 Å². The van der Waals surface area contributed by atoms with Gasteiger partial charge in [-0.3, -0.25) is 4.79 Å². The first kappa shape index (κ1) is 13.4.